The van der Waals surface area contributed by atoms with Crippen LogP contribution in [-0.2, 0) is 18.9 Å². The second-order valence-electron chi connectivity index (χ2n) is 13.2. The van der Waals surface area contributed by atoms with Crippen LogP contribution in [0.1, 0.15) is 68.7 Å². The fraction of sp³-hybridized carbons (Fsp3) is 0.389. The molecule has 0 radical (unpaired) electrons. The van der Waals surface area contributed by atoms with Gasteiger partial charge in [0.15, 0.2) is 23.2 Å². The van der Waals surface area contributed by atoms with Crippen LogP contribution in [0.25, 0.3) is 22.3 Å². The van der Waals surface area contributed by atoms with E-state index >= 15 is 8.78 Å². The van der Waals surface area contributed by atoms with E-state index in [-0.39, 0.29) is 23.3 Å². The van der Waals surface area contributed by atoms with Gasteiger partial charge in [-0.1, -0.05) is 44.5 Å². The van der Waals surface area contributed by atoms with Gasteiger partial charge in [0.05, 0.1) is 17.6 Å². The Kier molecular flexibility index (Phi) is 8.98. The minimum Gasteiger partial charge on any atom is -0.454 e. The van der Waals surface area contributed by atoms with Gasteiger partial charge in [-0.3, -0.25) is 0 Å². The number of thioether (sulfide) groups is 1. The summed E-state index contributed by atoms with van der Waals surface area (Å²) in [5.41, 5.74) is 2.53. The molecule has 2 aromatic heterocycles. The van der Waals surface area contributed by atoms with Crippen molar-refractivity contribution in [3.8, 4) is 22.9 Å². The number of rotatable bonds is 3. The van der Waals surface area contributed by atoms with Crippen molar-refractivity contribution in [1.29, 1.82) is 0 Å². The molecule has 4 bridgehead atoms. The fourth-order valence-corrected chi connectivity index (χ4v) is 7.58. The molecule has 0 fully saturated rings. The molecule has 0 spiro atoms. The first kappa shape index (κ1) is 32.2. The van der Waals surface area contributed by atoms with Crippen molar-refractivity contribution in [2.45, 2.75) is 58.0 Å². The van der Waals surface area contributed by atoms with Crippen molar-refractivity contribution in [3.63, 3.8) is 0 Å². The van der Waals surface area contributed by atoms with E-state index in [1.54, 1.807) is 30.1 Å². The summed E-state index contributed by atoms with van der Waals surface area (Å²) >= 11 is 1.84. The van der Waals surface area contributed by atoms with Gasteiger partial charge in [-0.05, 0) is 78.5 Å². The molecule has 7 nitrogen and oxygen atoms in total. The molecule has 0 saturated carbocycles. The van der Waals surface area contributed by atoms with Crippen LogP contribution in [0.15, 0.2) is 60.8 Å². The lowest BCUT2D eigenvalue weighted by Crippen LogP contribution is -2.27. The summed E-state index contributed by atoms with van der Waals surface area (Å²) in [7, 11) is 1.73. The van der Waals surface area contributed by atoms with Crippen molar-refractivity contribution in [3.05, 3.63) is 94.9 Å². The molecule has 6 rings (SSSR count). The van der Waals surface area contributed by atoms with Crippen molar-refractivity contribution < 1.29 is 23.7 Å². The standard InChI is InChI=1S/C36H40F2N4O3S/c1-35(2)13-6-14-36(3,23-8-5-7-22(17-23)31(44)20-43)34-40-33(42(4)41-34)27-18-24(9-10-28(27)37)45-32-26(12-16-46-21-35)25-11-15-39-30(25)19-29(32)38/h5,7-11,15,17-19,31,39,43-44H,6,12-14,16,20-21H2,1-4H3. The summed E-state index contributed by atoms with van der Waals surface area (Å²) in [6.45, 7) is 6.22. The van der Waals surface area contributed by atoms with Gasteiger partial charge in [0.2, 0.25) is 0 Å². The molecule has 242 valence electrons. The topological polar surface area (TPSA) is 96.2 Å². The lowest BCUT2D eigenvalue weighted by atomic mass is 9.75. The molecule has 10 heteroatoms. The molecule has 3 N–H and O–H groups in total. The molecule has 3 heterocycles. The highest BCUT2D eigenvalue weighted by Crippen LogP contribution is 2.41. The molecule has 0 aliphatic carbocycles. The maximum absolute atomic E-state index is 15.6. The first-order valence-corrected chi connectivity index (χ1v) is 16.8. The molecular formula is C36H40F2N4O3S. The summed E-state index contributed by atoms with van der Waals surface area (Å²) in [4.78, 5) is 8.04. The summed E-state index contributed by atoms with van der Waals surface area (Å²) < 4.78 is 38.9. The average Bonchev–Trinajstić information content (AvgIpc) is 3.67. The highest BCUT2D eigenvalue weighted by atomic mass is 32.2. The number of hydrogen-bond donors (Lipinski definition) is 3. The van der Waals surface area contributed by atoms with Crippen LogP contribution >= 0.6 is 11.8 Å². The maximum Gasteiger partial charge on any atom is 0.168 e. The smallest absolute Gasteiger partial charge is 0.168 e. The quantitative estimate of drug-likeness (QED) is 0.185. The lowest BCUT2D eigenvalue weighted by molar-refractivity contribution is 0.0955. The van der Waals surface area contributed by atoms with Crippen LogP contribution in [0.5, 0.6) is 11.5 Å². The number of benzene rings is 3. The summed E-state index contributed by atoms with van der Waals surface area (Å²) in [6.07, 6.45) is 3.93. The SMILES string of the molecule is Cn1nc2nc1-c1cc(ccc1F)Oc1c(F)cc3[nH]ccc3c1CCSCC(C)(C)CCCC2(C)c1cccc(C(O)CO)c1. The van der Waals surface area contributed by atoms with Gasteiger partial charge in [0, 0.05) is 35.8 Å². The number of aryl methyl sites for hydroxylation is 2. The normalized spacial score (nSPS) is 19.6. The lowest BCUT2D eigenvalue weighted by Gasteiger charge is -2.31. The Labute approximate surface area is 272 Å². The summed E-state index contributed by atoms with van der Waals surface area (Å²) in [6, 6.07) is 15.3. The van der Waals surface area contributed by atoms with E-state index in [0.717, 1.165) is 40.9 Å². The van der Waals surface area contributed by atoms with Crippen LogP contribution in [-0.4, -0.2) is 48.1 Å². The van der Waals surface area contributed by atoms with Crippen LogP contribution in [0.2, 0.25) is 0 Å². The number of hydrogen-bond acceptors (Lipinski definition) is 6. The van der Waals surface area contributed by atoms with Crippen molar-refractivity contribution in [1.82, 2.24) is 19.7 Å². The first-order chi connectivity index (χ1) is 22.0. The molecule has 0 saturated heterocycles. The third kappa shape index (κ3) is 6.30. The van der Waals surface area contributed by atoms with Crippen LogP contribution < -0.4 is 4.74 Å². The van der Waals surface area contributed by atoms with Gasteiger partial charge in [0.25, 0.3) is 0 Å². The summed E-state index contributed by atoms with van der Waals surface area (Å²) in [5.74, 6) is 1.99. The zero-order chi connectivity index (χ0) is 32.6. The Hall–Kier alpha value is -3.73. The van der Waals surface area contributed by atoms with Gasteiger partial charge in [-0.25, -0.2) is 18.4 Å². The van der Waals surface area contributed by atoms with Crippen molar-refractivity contribution >= 4 is 22.7 Å². The van der Waals surface area contributed by atoms with E-state index in [1.807, 2.05) is 36.0 Å². The van der Waals surface area contributed by atoms with Gasteiger partial charge < -0.3 is 19.9 Å². The Morgan fingerprint density at radius 3 is 2.70 bits per heavy atom. The van der Waals surface area contributed by atoms with E-state index in [2.05, 4.69) is 25.8 Å². The van der Waals surface area contributed by atoms with Crippen molar-refractivity contribution in [2.24, 2.45) is 12.5 Å². The molecule has 1 aliphatic heterocycles. The predicted molar refractivity (Wildman–Crippen MR) is 178 cm³/mol. The summed E-state index contributed by atoms with van der Waals surface area (Å²) in [5, 5.41) is 25.8. The third-order valence-electron chi connectivity index (χ3n) is 9.12. The number of aromatic nitrogens is 4. The number of nitrogens with one attached hydrogen (secondary N) is 1. The second kappa shape index (κ2) is 12.8. The monoisotopic (exact) mass is 646 g/mol. The molecule has 3 aromatic carbocycles. The van der Waals surface area contributed by atoms with Crippen LogP contribution in [0.3, 0.4) is 0 Å². The molecule has 1 aliphatic rings. The fourth-order valence-electron chi connectivity index (χ4n) is 6.39. The van der Waals surface area contributed by atoms with E-state index in [0.29, 0.717) is 41.3 Å². The van der Waals surface area contributed by atoms with E-state index < -0.39 is 23.2 Å². The highest BCUT2D eigenvalue weighted by Gasteiger charge is 2.35. The minimum absolute atomic E-state index is 0.0277. The number of aromatic amines is 1. The van der Waals surface area contributed by atoms with E-state index in [1.165, 1.54) is 18.2 Å². The van der Waals surface area contributed by atoms with Gasteiger partial charge in [0.1, 0.15) is 17.7 Å². The van der Waals surface area contributed by atoms with Crippen LogP contribution in [0.4, 0.5) is 8.78 Å². The first-order valence-electron chi connectivity index (χ1n) is 15.6. The Bertz CT molecular complexity index is 1870. The maximum atomic E-state index is 15.6. The Balaban J connectivity index is 1.48. The molecular weight excluding hydrogens is 606 g/mol. The molecule has 0 amide bonds. The van der Waals surface area contributed by atoms with E-state index in [4.69, 9.17) is 14.8 Å². The molecule has 2 unspecified atom stereocenters. The molecule has 46 heavy (non-hydrogen) atoms. The third-order valence-corrected chi connectivity index (χ3v) is 10.6. The number of fused-ring (bicyclic) bond motifs is 8. The molecule has 5 aromatic rings. The van der Waals surface area contributed by atoms with E-state index in [9.17, 15) is 10.2 Å². The Morgan fingerprint density at radius 1 is 1.07 bits per heavy atom. The second-order valence-corrected chi connectivity index (χ2v) is 14.3. The zero-order valence-corrected chi connectivity index (χ0v) is 27.4. The predicted octanol–water partition coefficient (Wildman–Crippen LogP) is 7.85. The van der Waals surface area contributed by atoms with Gasteiger partial charge in [-0.2, -0.15) is 16.9 Å². The number of halogens is 2. The van der Waals surface area contributed by atoms with Gasteiger partial charge in [-0.15, -0.1) is 0 Å². The highest BCUT2D eigenvalue weighted by molar-refractivity contribution is 7.99. The Morgan fingerprint density at radius 2 is 1.89 bits per heavy atom. The number of aliphatic hydroxyl groups is 2. The van der Waals surface area contributed by atoms with Crippen molar-refractivity contribution in [2.75, 3.05) is 18.1 Å². The average molecular weight is 647 g/mol. The number of aliphatic hydroxyl groups excluding tert-OH is 2. The zero-order valence-electron chi connectivity index (χ0n) is 26.6. The number of nitrogens with zero attached hydrogens (tertiary/aromatic N) is 3. The molecule has 2 atom stereocenters. The van der Waals surface area contributed by atoms with Gasteiger partial charge >= 0.3 is 0 Å². The number of H-pyrrole nitrogens is 1. The number of ether oxygens (including phenoxy) is 1. The minimum atomic E-state index is -1.01. The largest absolute Gasteiger partial charge is 0.454 e. The van der Waals surface area contributed by atoms with Crippen LogP contribution in [0, 0.1) is 17.0 Å².